The minimum absolute atomic E-state index is 0.0392. The highest BCUT2D eigenvalue weighted by molar-refractivity contribution is 5.44. The lowest BCUT2D eigenvalue weighted by Gasteiger charge is -2.12. The van der Waals surface area contributed by atoms with Crippen LogP contribution in [0.4, 0.5) is 5.69 Å². The van der Waals surface area contributed by atoms with E-state index >= 15 is 0 Å². The number of hydrogen-bond donors (Lipinski definition) is 1. The molecular weight excluding hydrogens is 350 g/mol. The number of aliphatic hydroxyl groups is 1. The van der Waals surface area contributed by atoms with Gasteiger partial charge in [-0.1, -0.05) is 24.3 Å². The molecule has 140 valence electrons. The van der Waals surface area contributed by atoms with E-state index in [1.54, 1.807) is 31.3 Å². The van der Waals surface area contributed by atoms with E-state index in [9.17, 15) is 20.0 Å². The Morgan fingerprint density at radius 1 is 1.19 bits per heavy atom. The van der Waals surface area contributed by atoms with Gasteiger partial charge >= 0.3 is 5.69 Å². The highest BCUT2D eigenvalue weighted by atomic mass is 16.6. The Labute approximate surface area is 155 Å². The van der Waals surface area contributed by atoms with Gasteiger partial charge in [-0.25, -0.2) is 4.79 Å². The molecule has 0 bridgehead atoms. The summed E-state index contributed by atoms with van der Waals surface area (Å²) >= 11 is 0. The minimum Gasteiger partial charge on any atom is -0.491 e. The molecule has 8 heteroatoms. The highest BCUT2D eigenvalue weighted by Crippen LogP contribution is 2.17. The molecule has 0 aliphatic carbocycles. The molecule has 3 rings (SSSR count). The molecule has 0 aliphatic rings. The van der Waals surface area contributed by atoms with Crippen LogP contribution in [0.2, 0.25) is 0 Å². The number of benzene rings is 2. The topological polar surface area (TPSA) is 99.5 Å². The number of rotatable bonds is 7. The third-order valence-corrected chi connectivity index (χ3v) is 4.02. The second-order valence-electron chi connectivity index (χ2n) is 6.10. The zero-order valence-electron chi connectivity index (χ0n) is 14.7. The summed E-state index contributed by atoms with van der Waals surface area (Å²) in [5.41, 5.74) is 0.534. The average Bonchev–Trinajstić information content (AvgIpc) is 2.94. The van der Waals surface area contributed by atoms with Crippen molar-refractivity contribution in [2.75, 3.05) is 6.61 Å². The molecular formula is C19H19N3O5. The van der Waals surface area contributed by atoms with Crippen LogP contribution in [0.25, 0.3) is 5.69 Å². The fraction of sp³-hybridized carbons (Fsp3) is 0.211. The lowest BCUT2D eigenvalue weighted by molar-refractivity contribution is -0.384. The Morgan fingerprint density at radius 2 is 1.93 bits per heavy atom. The van der Waals surface area contributed by atoms with Crippen molar-refractivity contribution < 1.29 is 14.8 Å². The largest absolute Gasteiger partial charge is 0.491 e. The quantitative estimate of drug-likeness (QED) is 0.509. The molecule has 0 unspecified atom stereocenters. The van der Waals surface area contributed by atoms with Gasteiger partial charge in [-0.15, -0.1) is 0 Å². The van der Waals surface area contributed by atoms with Gasteiger partial charge in [-0.2, -0.15) is 0 Å². The van der Waals surface area contributed by atoms with Crippen LogP contribution in [0, 0.1) is 17.0 Å². The molecule has 1 atom stereocenters. The number of nitro benzene ring substituents is 1. The van der Waals surface area contributed by atoms with E-state index in [-0.39, 0.29) is 24.5 Å². The van der Waals surface area contributed by atoms with E-state index < -0.39 is 11.0 Å². The first-order valence-corrected chi connectivity index (χ1v) is 8.35. The van der Waals surface area contributed by atoms with Crippen LogP contribution in [-0.4, -0.2) is 31.9 Å². The maximum Gasteiger partial charge on any atom is 0.333 e. The van der Waals surface area contributed by atoms with E-state index in [1.165, 1.54) is 27.3 Å². The predicted octanol–water partition coefficient (Wildman–Crippen LogP) is 2.30. The molecule has 0 aliphatic heterocycles. The number of nitro groups is 1. The van der Waals surface area contributed by atoms with E-state index in [1.807, 2.05) is 18.2 Å². The maximum absolute atomic E-state index is 12.7. The molecule has 0 amide bonds. The summed E-state index contributed by atoms with van der Waals surface area (Å²) in [6.07, 6.45) is 0.718. The summed E-state index contributed by atoms with van der Waals surface area (Å²) in [7, 11) is 0. The highest BCUT2D eigenvalue weighted by Gasteiger charge is 2.15. The van der Waals surface area contributed by atoms with Crippen LogP contribution < -0.4 is 10.4 Å². The van der Waals surface area contributed by atoms with Crippen molar-refractivity contribution in [3.05, 3.63) is 87.1 Å². The number of aliphatic hydroxyl groups excluding tert-OH is 1. The Kier molecular flexibility index (Phi) is 5.37. The SMILES string of the molecule is Cc1cn(C[C@@H](O)COc2ccccc2)c(=O)n1-c1cccc([N+](=O)[O-])c1. The first-order chi connectivity index (χ1) is 13.0. The van der Waals surface area contributed by atoms with Crippen LogP contribution in [0.3, 0.4) is 0 Å². The van der Waals surface area contributed by atoms with Crippen LogP contribution in [0.1, 0.15) is 5.69 Å². The Balaban J connectivity index is 1.76. The molecule has 0 saturated carbocycles. The van der Waals surface area contributed by atoms with Crippen LogP contribution >= 0.6 is 0 Å². The molecule has 1 N–H and O–H groups in total. The third kappa shape index (κ3) is 4.24. The molecule has 0 spiro atoms. The lowest BCUT2D eigenvalue weighted by atomic mass is 10.3. The molecule has 2 aromatic carbocycles. The first-order valence-electron chi connectivity index (χ1n) is 8.35. The number of aryl methyl sites for hydroxylation is 1. The Bertz CT molecular complexity index is 994. The zero-order valence-corrected chi connectivity index (χ0v) is 14.7. The summed E-state index contributed by atoms with van der Waals surface area (Å²) < 4.78 is 8.24. The maximum atomic E-state index is 12.7. The van der Waals surface area contributed by atoms with Gasteiger partial charge in [-0.05, 0) is 25.1 Å². The fourth-order valence-electron chi connectivity index (χ4n) is 2.80. The predicted molar refractivity (Wildman–Crippen MR) is 99.4 cm³/mol. The van der Waals surface area contributed by atoms with Crippen molar-refractivity contribution in [2.24, 2.45) is 0 Å². The Morgan fingerprint density at radius 3 is 2.63 bits per heavy atom. The molecule has 27 heavy (non-hydrogen) atoms. The second-order valence-corrected chi connectivity index (χ2v) is 6.10. The van der Waals surface area contributed by atoms with Crippen LogP contribution in [0.15, 0.2) is 65.6 Å². The number of nitrogens with zero attached hydrogens (tertiary/aromatic N) is 3. The van der Waals surface area contributed by atoms with Crippen LogP contribution in [-0.2, 0) is 6.54 Å². The second kappa shape index (κ2) is 7.88. The van der Waals surface area contributed by atoms with Gasteiger partial charge in [0.15, 0.2) is 0 Å². The summed E-state index contributed by atoms with van der Waals surface area (Å²) in [5.74, 6) is 0.634. The molecule has 0 saturated heterocycles. The monoisotopic (exact) mass is 369 g/mol. The van der Waals surface area contributed by atoms with Gasteiger partial charge in [0.2, 0.25) is 0 Å². The van der Waals surface area contributed by atoms with Crippen molar-refractivity contribution in [1.29, 1.82) is 0 Å². The average molecular weight is 369 g/mol. The van der Waals surface area contributed by atoms with Crippen molar-refractivity contribution in [1.82, 2.24) is 9.13 Å². The smallest absolute Gasteiger partial charge is 0.333 e. The van der Waals surface area contributed by atoms with Gasteiger partial charge in [0, 0.05) is 24.0 Å². The van der Waals surface area contributed by atoms with Crippen molar-refractivity contribution in [3.8, 4) is 11.4 Å². The normalized spacial score (nSPS) is 11.9. The third-order valence-electron chi connectivity index (χ3n) is 4.02. The molecule has 0 fully saturated rings. The van der Waals surface area contributed by atoms with Crippen molar-refractivity contribution in [2.45, 2.75) is 19.6 Å². The molecule has 3 aromatic rings. The number of para-hydroxylation sites is 1. The molecule has 1 aromatic heterocycles. The summed E-state index contributed by atoms with van der Waals surface area (Å²) in [4.78, 5) is 23.1. The minimum atomic E-state index is -0.886. The first kappa shape index (κ1) is 18.4. The number of ether oxygens (including phenoxy) is 1. The van der Waals surface area contributed by atoms with Gasteiger partial charge in [0.25, 0.3) is 5.69 Å². The van der Waals surface area contributed by atoms with Crippen molar-refractivity contribution >= 4 is 5.69 Å². The number of non-ortho nitro benzene ring substituents is 1. The number of aromatic nitrogens is 2. The molecule has 8 nitrogen and oxygen atoms in total. The van der Waals surface area contributed by atoms with E-state index in [0.29, 0.717) is 17.1 Å². The molecule has 1 heterocycles. The van der Waals surface area contributed by atoms with Crippen LogP contribution in [0.5, 0.6) is 5.75 Å². The standard InChI is InChI=1S/C19H19N3O5/c1-14-11-20(12-17(23)13-27-18-8-3-2-4-9-18)19(24)21(14)15-6-5-7-16(10-15)22(25)26/h2-11,17,23H,12-13H2,1H3/t17-/m1/s1. The van der Waals surface area contributed by atoms with E-state index in [4.69, 9.17) is 4.74 Å². The Hall–Kier alpha value is -3.39. The summed E-state index contributed by atoms with van der Waals surface area (Å²) in [6, 6.07) is 14.9. The van der Waals surface area contributed by atoms with Gasteiger partial charge in [-0.3, -0.25) is 19.2 Å². The zero-order chi connectivity index (χ0) is 19.4. The van der Waals surface area contributed by atoms with E-state index in [0.717, 1.165) is 0 Å². The van der Waals surface area contributed by atoms with Gasteiger partial charge in [0.05, 0.1) is 17.2 Å². The van der Waals surface area contributed by atoms with Gasteiger partial charge < -0.3 is 9.84 Å². The number of imidazole rings is 1. The van der Waals surface area contributed by atoms with E-state index in [2.05, 4.69) is 0 Å². The van der Waals surface area contributed by atoms with Gasteiger partial charge in [0.1, 0.15) is 18.5 Å². The lowest BCUT2D eigenvalue weighted by Crippen LogP contribution is -2.31. The van der Waals surface area contributed by atoms with Crippen molar-refractivity contribution in [3.63, 3.8) is 0 Å². The summed E-state index contributed by atoms with van der Waals surface area (Å²) in [5, 5.41) is 21.2. The summed E-state index contributed by atoms with van der Waals surface area (Å²) in [6.45, 7) is 1.81. The molecule has 0 radical (unpaired) electrons. The fourth-order valence-corrected chi connectivity index (χ4v) is 2.80. The number of hydrogen-bond acceptors (Lipinski definition) is 5.